The summed E-state index contributed by atoms with van der Waals surface area (Å²) in [5.41, 5.74) is 0.878. The number of hydrogen-bond acceptors (Lipinski definition) is 4. The highest BCUT2D eigenvalue weighted by atomic mass is 16.5. The molecule has 0 bridgehead atoms. The summed E-state index contributed by atoms with van der Waals surface area (Å²) in [6, 6.07) is 7.49. The largest absolute Gasteiger partial charge is 0.511 e. The quantitative estimate of drug-likeness (QED) is 0.439. The number of allylic oxidation sites excluding steroid dienone is 2. The van der Waals surface area contributed by atoms with Gasteiger partial charge in [0, 0.05) is 19.1 Å². The molecule has 1 aromatic carbocycles. The standard InChI is InChI=1S/C22H31NO3/c1-4-5-6-7-8-13-26-18-11-9-17(10-12-18)23-16-19-20(24)14-22(2,3)15-21(19)25/h9-12,16,24H,4-8,13-15H2,1-3H3. The molecule has 4 nitrogen and oxygen atoms in total. The van der Waals surface area contributed by atoms with Crippen LogP contribution in [-0.2, 0) is 4.79 Å². The van der Waals surface area contributed by atoms with Crippen LogP contribution in [0.15, 0.2) is 40.6 Å². The minimum Gasteiger partial charge on any atom is -0.511 e. The fraction of sp³-hybridized carbons (Fsp3) is 0.545. The predicted molar refractivity (Wildman–Crippen MR) is 107 cm³/mol. The van der Waals surface area contributed by atoms with E-state index in [4.69, 9.17) is 4.74 Å². The molecule has 26 heavy (non-hydrogen) atoms. The molecule has 0 aromatic heterocycles. The van der Waals surface area contributed by atoms with Gasteiger partial charge in [0.25, 0.3) is 0 Å². The first-order chi connectivity index (χ1) is 12.4. The number of nitrogens with zero attached hydrogens (tertiary/aromatic N) is 1. The number of aliphatic imine (C=N–C) groups is 1. The number of hydrogen-bond donors (Lipinski definition) is 1. The van der Waals surface area contributed by atoms with E-state index >= 15 is 0 Å². The van der Waals surface area contributed by atoms with E-state index in [-0.39, 0.29) is 17.0 Å². The van der Waals surface area contributed by atoms with Crippen LogP contribution >= 0.6 is 0 Å². The maximum absolute atomic E-state index is 12.2. The summed E-state index contributed by atoms with van der Waals surface area (Å²) in [6.45, 7) is 6.91. The Morgan fingerprint density at radius 2 is 1.81 bits per heavy atom. The van der Waals surface area contributed by atoms with Gasteiger partial charge in [-0.3, -0.25) is 9.79 Å². The van der Waals surface area contributed by atoms with Gasteiger partial charge < -0.3 is 9.84 Å². The summed E-state index contributed by atoms with van der Waals surface area (Å²) in [7, 11) is 0. The van der Waals surface area contributed by atoms with E-state index in [1.54, 1.807) is 0 Å². The number of ketones is 1. The molecule has 4 heteroatoms. The summed E-state index contributed by atoms with van der Waals surface area (Å²) in [5.74, 6) is 0.917. The van der Waals surface area contributed by atoms with Crippen LogP contribution in [0.3, 0.4) is 0 Å². The maximum atomic E-state index is 12.2. The Balaban J connectivity index is 1.87. The zero-order valence-corrected chi connectivity index (χ0v) is 16.3. The Labute approximate surface area is 157 Å². The average molecular weight is 357 g/mol. The Morgan fingerprint density at radius 1 is 1.12 bits per heavy atom. The summed E-state index contributed by atoms with van der Waals surface area (Å²) < 4.78 is 5.74. The van der Waals surface area contributed by atoms with Gasteiger partial charge in [-0.25, -0.2) is 0 Å². The van der Waals surface area contributed by atoms with Crippen LogP contribution in [0.25, 0.3) is 0 Å². The van der Waals surface area contributed by atoms with Crippen molar-refractivity contribution in [1.29, 1.82) is 0 Å². The number of rotatable bonds is 9. The second-order valence-electron chi connectivity index (χ2n) is 7.82. The molecular formula is C22H31NO3. The van der Waals surface area contributed by atoms with E-state index in [1.165, 1.54) is 31.9 Å². The molecule has 0 heterocycles. The lowest BCUT2D eigenvalue weighted by Crippen LogP contribution is -2.26. The Hall–Kier alpha value is -2.10. The van der Waals surface area contributed by atoms with Crippen molar-refractivity contribution in [2.24, 2.45) is 10.4 Å². The molecule has 0 radical (unpaired) electrons. The zero-order valence-electron chi connectivity index (χ0n) is 16.3. The third-order valence-electron chi connectivity index (χ3n) is 4.59. The van der Waals surface area contributed by atoms with Crippen molar-refractivity contribution in [1.82, 2.24) is 0 Å². The van der Waals surface area contributed by atoms with Crippen molar-refractivity contribution >= 4 is 17.7 Å². The van der Waals surface area contributed by atoms with E-state index in [9.17, 15) is 9.90 Å². The minimum atomic E-state index is -0.186. The van der Waals surface area contributed by atoms with Crippen molar-refractivity contribution in [2.75, 3.05) is 6.61 Å². The third kappa shape index (κ3) is 6.32. The van der Waals surface area contributed by atoms with Gasteiger partial charge >= 0.3 is 0 Å². The van der Waals surface area contributed by atoms with Crippen molar-refractivity contribution in [3.05, 3.63) is 35.6 Å². The first-order valence-corrected chi connectivity index (χ1v) is 9.63. The number of carbonyl (C=O) groups is 1. The van der Waals surface area contributed by atoms with Gasteiger partial charge in [0.15, 0.2) is 5.78 Å². The summed E-state index contributed by atoms with van der Waals surface area (Å²) in [6.07, 6.45) is 8.52. The van der Waals surface area contributed by atoms with Crippen LogP contribution in [0.1, 0.15) is 65.7 Å². The lowest BCUT2D eigenvalue weighted by molar-refractivity contribution is -0.117. The Bertz CT molecular complexity index is 656. The molecule has 0 unspecified atom stereocenters. The maximum Gasteiger partial charge on any atom is 0.168 e. The van der Waals surface area contributed by atoms with Crippen molar-refractivity contribution in [2.45, 2.75) is 65.7 Å². The number of benzene rings is 1. The zero-order chi connectivity index (χ0) is 19.0. The monoisotopic (exact) mass is 357 g/mol. The highest BCUT2D eigenvalue weighted by Gasteiger charge is 2.32. The van der Waals surface area contributed by atoms with E-state index in [1.807, 2.05) is 38.1 Å². The molecule has 0 atom stereocenters. The van der Waals surface area contributed by atoms with Crippen molar-refractivity contribution in [3.63, 3.8) is 0 Å². The van der Waals surface area contributed by atoms with Gasteiger partial charge in [0.1, 0.15) is 11.5 Å². The number of aliphatic hydroxyl groups is 1. The molecule has 0 fully saturated rings. The van der Waals surface area contributed by atoms with Gasteiger partial charge in [-0.2, -0.15) is 0 Å². The van der Waals surface area contributed by atoms with Crippen LogP contribution < -0.4 is 4.74 Å². The molecule has 0 saturated carbocycles. The molecule has 1 aromatic rings. The first-order valence-electron chi connectivity index (χ1n) is 9.63. The van der Waals surface area contributed by atoms with E-state index < -0.39 is 0 Å². The van der Waals surface area contributed by atoms with Gasteiger partial charge in [0.2, 0.25) is 0 Å². The first kappa shape index (κ1) is 20.2. The third-order valence-corrected chi connectivity index (χ3v) is 4.59. The normalized spacial score (nSPS) is 17.1. The van der Waals surface area contributed by atoms with Crippen molar-refractivity contribution in [3.8, 4) is 5.75 Å². The molecular weight excluding hydrogens is 326 g/mol. The van der Waals surface area contributed by atoms with Crippen LogP contribution in [-0.4, -0.2) is 23.7 Å². The summed E-state index contributed by atoms with van der Waals surface area (Å²) >= 11 is 0. The molecule has 142 valence electrons. The number of aliphatic hydroxyl groups excluding tert-OH is 1. The molecule has 2 rings (SSSR count). The van der Waals surface area contributed by atoms with Gasteiger partial charge in [-0.1, -0.05) is 46.5 Å². The van der Waals surface area contributed by atoms with Crippen LogP contribution in [0, 0.1) is 5.41 Å². The molecule has 1 aliphatic carbocycles. The summed E-state index contributed by atoms with van der Waals surface area (Å²) in [5, 5.41) is 10.1. The Morgan fingerprint density at radius 3 is 2.46 bits per heavy atom. The second-order valence-corrected chi connectivity index (χ2v) is 7.82. The smallest absolute Gasteiger partial charge is 0.168 e. The minimum absolute atomic E-state index is 0.0504. The van der Waals surface area contributed by atoms with Gasteiger partial charge in [0.05, 0.1) is 17.9 Å². The SMILES string of the molecule is CCCCCCCOc1ccc(N=CC2=C(O)CC(C)(C)CC2=O)cc1. The van der Waals surface area contributed by atoms with Crippen LogP contribution in [0.4, 0.5) is 5.69 Å². The molecule has 0 saturated heterocycles. The van der Waals surface area contributed by atoms with Crippen LogP contribution in [0.5, 0.6) is 5.75 Å². The molecule has 0 spiro atoms. The van der Waals surface area contributed by atoms with E-state index in [2.05, 4.69) is 11.9 Å². The Kier molecular flexibility index (Phi) is 7.43. The average Bonchev–Trinajstić information content (AvgIpc) is 2.57. The highest BCUT2D eigenvalue weighted by Crippen LogP contribution is 2.35. The highest BCUT2D eigenvalue weighted by molar-refractivity contribution is 6.14. The van der Waals surface area contributed by atoms with Crippen molar-refractivity contribution < 1.29 is 14.6 Å². The predicted octanol–water partition coefficient (Wildman–Crippen LogP) is 5.94. The fourth-order valence-electron chi connectivity index (χ4n) is 3.11. The number of carbonyl (C=O) groups excluding carboxylic acids is 1. The lowest BCUT2D eigenvalue weighted by atomic mass is 9.77. The number of ether oxygens (including phenoxy) is 1. The van der Waals surface area contributed by atoms with E-state index in [0.717, 1.165) is 24.5 Å². The van der Waals surface area contributed by atoms with Gasteiger partial charge in [-0.05, 0) is 36.1 Å². The summed E-state index contributed by atoms with van der Waals surface area (Å²) in [4.78, 5) is 16.5. The fourth-order valence-corrected chi connectivity index (χ4v) is 3.11. The molecule has 1 aliphatic rings. The molecule has 0 amide bonds. The topological polar surface area (TPSA) is 58.9 Å². The lowest BCUT2D eigenvalue weighted by Gasteiger charge is -2.28. The number of unbranched alkanes of at least 4 members (excludes halogenated alkanes) is 4. The second kappa shape index (κ2) is 9.56. The number of Topliss-reactive ketones (excluding diaryl/α,β-unsaturated/α-hetero) is 1. The molecule has 0 aliphatic heterocycles. The van der Waals surface area contributed by atoms with E-state index in [0.29, 0.717) is 18.4 Å². The van der Waals surface area contributed by atoms with Crippen LogP contribution in [0.2, 0.25) is 0 Å². The molecule has 1 N–H and O–H groups in total. The van der Waals surface area contributed by atoms with Gasteiger partial charge in [-0.15, -0.1) is 0 Å².